The predicted octanol–water partition coefficient (Wildman–Crippen LogP) is 2.56. The summed E-state index contributed by atoms with van der Waals surface area (Å²) in [5.41, 5.74) is 0.811. The monoisotopic (exact) mass is 408 g/mol. The molecule has 0 spiro atoms. The van der Waals surface area contributed by atoms with E-state index in [2.05, 4.69) is 20.5 Å². The van der Waals surface area contributed by atoms with Gasteiger partial charge in [-0.15, -0.1) is 0 Å². The van der Waals surface area contributed by atoms with Crippen LogP contribution in [0.15, 0.2) is 30.5 Å². The number of hydrogen-bond acceptors (Lipinski definition) is 5. The molecular weight excluding hydrogens is 389 g/mol. The van der Waals surface area contributed by atoms with E-state index in [1.165, 1.54) is 7.05 Å². The summed E-state index contributed by atoms with van der Waals surface area (Å²) >= 11 is 0. The molecule has 0 atom stereocenters. The fourth-order valence-electron chi connectivity index (χ4n) is 2.69. The molecular formula is C18H19F3N6O2. The van der Waals surface area contributed by atoms with Crippen LogP contribution in [0.3, 0.4) is 0 Å². The van der Waals surface area contributed by atoms with Gasteiger partial charge < -0.3 is 10.1 Å². The Kier molecular flexibility index (Phi) is 5.57. The van der Waals surface area contributed by atoms with Gasteiger partial charge in [-0.1, -0.05) is 0 Å². The highest BCUT2D eigenvalue weighted by atomic mass is 19.4. The van der Waals surface area contributed by atoms with Gasteiger partial charge >= 0.3 is 6.18 Å². The maximum atomic E-state index is 12.8. The minimum atomic E-state index is -4.61. The summed E-state index contributed by atoms with van der Waals surface area (Å²) in [5.74, 6) is -0.192. The largest absolute Gasteiger partial charge is 0.478 e. The van der Waals surface area contributed by atoms with Crippen LogP contribution in [0.4, 0.5) is 13.2 Å². The molecule has 1 amide bonds. The van der Waals surface area contributed by atoms with Crippen LogP contribution in [0, 0.1) is 0 Å². The summed E-state index contributed by atoms with van der Waals surface area (Å²) < 4.78 is 46.1. The number of aromatic nitrogens is 5. The second-order valence-corrected chi connectivity index (χ2v) is 6.18. The SMILES string of the molecule is CCOc1cc(-c2cc(CNC(=O)c3cc(C(F)(F)F)nn3C)n(C)n2)ccn1. The maximum Gasteiger partial charge on any atom is 0.435 e. The fraction of sp³-hybridized carbons (Fsp3) is 0.333. The van der Waals surface area contributed by atoms with Crippen molar-refractivity contribution >= 4 is 5.91 Å². The molecule has 0 aliphatic heterocycles. The van der Waals surface area contributed by atoms with Crippen molar-refractivity contribution in [2.24, 2.45) is 14.1 Å². The number of nitrogens with one attached hydrogen (secondary N) is 1. The van der Waals surface area contributed by atoms with E-state index in [1.54, 1.807) is 36.1 Å². The predicted molar refractivity (Wildman–Crippen MR) is 97.0 cm³/mol. The van der Waals surface area contributed by atoms with Crippen LogP contribution in [0.1, 0.15) is 28.8 Å². The van der Waals surface area contributed by atoms with Gasteiger partial charge in [-0.2, -0.15) is 23.4 Å². The van der Waals surface area contributed by atoms with Crippen molar-refractivity contribution in [3.05, 3.63) is 47.5 Å². The number of carbonyl (C=O) groups is 1. The average molecular weight is 408 g/mol. The standard InChI is InChI=1S/C18H19F3N6O2/c1-4-29-16-7-11(5-6-22-16)13-8-12(26(2)24-13)10-23-17(28)14-9-15(18(19,20)21)25-27(14)3/h5-9H,4,10H2,1-3H3,(H,23,28). The second kappa shape index (κ2) is 7.94. The van der Waals surface area contributed by atoms with Crippen LogP contribution in [0.5, 0.6) is 5.88 Å². The summed E-state index contributed by atoms with van der Waals surface area (Å²) in [4.78, 5) is 16.4. The van der Waals surface area contributed by atoms with Crippen LogP contribution in [-0.4, -0.2) is 37.1 Å². The van der Waals surface area contributed by atoms with E-state index >= 15 is 0 Å². The lowest BCUT2D eigenvalue weighted by molar-refractivity contribution is -0.141. The maximum absolute atomic E-state index is 12.8. The van der Waals surface area contributed by atoms with E-state index in [9.17, 15) is 18.0 Å². The Morgan fingerprint density at radius 3 is 2.59 bits per heavy atom. The summed E-state index contributed by atoms with van der Waals surface area (Å²) in [5, 5.41) is 10.3. The molecule has 154 valence electrons. The van der Waals surface area contributed by atoms with Crippen LogP contribution < -0.4 is 10.1 Å². The van der Waals surface area contributed by atoms with Gasteiger partial charge in [-0.05, 0) is 19.1 Å². The number of aryl methyl sites for hydroxylation is 2. The van der Waals surface area contributed by atoms with Gasteiger partial charge in [-0.25, -0.2) is 4.98 Å². The molecule has 0 radical (unpaired) electrons. The van der Waals surface area contributed by atoms with Crippen molar-refractivity contribution in [2.45, 2.75) is 19.6 Å². The molecule has 3 heterocycles. The van der Waals surface area contributed by atoms with Crippen LogP contribution in [0.2, 0.25) is 0 Å². The van der Waals surface area contributed by atoms with Gasteiger partial charge in [0.1, 0.15) is 5.69 Å². The zero-order chi connectivity index (χ0) is 21.2. The van der Waals surface area contributed by atoms with Crippen molar-refractivity contribution in [2.75, 3.05) is 6.61 Å². The first-order chi connectivity index (χ1) is 13.7. The highest BCUT2D eigenvalue weighted by molar-refractivity contribution is 5.92. The molecule has 0 aromatic carbocycles. The number of amides is 1. The van der Waals surface area contributed by atoms with E-state index in [0.717, 1.165) is 16.3 Å². The zero-order valence-electron chi connectivity index (χ0n) is 16.0. The molecule has 8 nitrogen and oxygen atoms in total. The number of ether oxygens (including phenoxy) is 1. The second-order valence-electron chi connectivity index (χ2n) is 6.18. The molecule has 29 heavy (non-hydrogen) atoms. The number of rotatable bonds is 6. The highest BCUT2D eigenvalue weighted by Gasteiger charge is 2.35. The van der Waals surface area contributed by atoms with Crippen molar-refractivity contribution < 1.29 is 22.7 Å². The van der Waals surface area contributed by atoms with Crippen molar-refractivity contribution in [1.82, 2.24) is 29.9 Å². The third-order valence-corrected chi connectivity index (χ3v) is 4.13. The molecule has 0 aliphatic carbocycles. The average Bonchev–Trinajstić information content (AvgIpc) is 3.23. The van der Waals surface area contributed by atoms with Gasteiger partial charge in [0.2, 0.25) is 5.88 Å². The Hall–Kier alpha value is -3.37. The van der Waals surface area contributed by atoms with Gasteiger partial charge in [0, 0.05) is 38.0 Å². The molecule has 0 unspecified atom stereocenters. The molecule has 3 aromatic rings. The highest BCUT2D eigenvalue weighted by Crippen LogP contribution is 2.28. The Bertz CT molecular complexity index is 1030. The first-order valence-corrected chi connectivity index (χ1v) is 8.70. The van der Waals surface area contributed by atoms with E-state index in [0.29, 0.717) is 23.9 Å². The van der Waals surface area contributed by atoms with E-state index < -0.39 is 17.8 Å². The third kappa shape index (κ3) is 4.55. The molecule has 0 saturated heterocycles. The number of nitrogens with zero attached hydrogens (tertiary/aromatic N) is 5. The topological polar surface area (TPSA) is 86.9 Å². The minimum absolute atomic E-state index is 0.0816. The molecule has 3 rings (SSSR count). The minimum Gasteiger partial charge on any atom is -0.478 e. The summed E-state index contributed by atoms with van der Waals surface area (Å²) in [6.45, 7) is 2.42. The number of alkyl halides is 3. The van der Waals surface area contributed by atoms with E-state index in [1.807, 2.05) is 6.92 Å². The molecule has 1 N–H and O–H groups in total. The van der Waals surface area contributed by atoms with Gasteiger partial charge in [0.15, 0.2) is 5.69 Å². The van der Waals surface area contributed by atoms with Crippen LogP contribution in [-0.2, 0) is 26.8 Å². The molecule has 0 aliphatic rings. The van der Waals surface area contributed by atoms with E-state index in [4.69, 9.17) is 4.74 Å². The van der Waals surface area contributed by atoms with Crippen LogP contribution >= 0.6 is 0 Å². The first kappa shape index (κ1) is 20.4. The first-order valence-electron chi connectivity index (χ1n) is 8.70. The number of pyridine rings is 1. The molecule has 0 bridgehead atoms. The molecule has 0 fully saturated rings. The van der Waals surface area contributed by atoms with Crippen molar-refractivity contribution in [3.8, 4) is 17.1 Å². The Morgan fingerprint density at radius 2 is 1.93 bits per heavy atom. The summed E-state index contributed by atoms with van der Waals surface area (Å²) in [6, 6.07) is 6.02. The summed E-state index contributed by atoms with van der Waals surface area (Å²) in [7, 11) is 2.99. The van der Waals surface area contributed by atoms with Crippen molar-refractivity contribution in [1.29, 1.82) is 0 Å². The summed E-state index contributed by atoms with van der Waals surface area (Å²) in [6.07, 6.45) is -3.00. The lowest BCUT2D eigenvalue weighted by Crippen LogP contribution is -2.26. The zero-order valence-corrected chi connectivity index (χ0v) is 16.0. The molecule has 11 heteroatoms. The number of hydrogen-bond donors (Lipinski definition) is 1. The Labute approximate surface area is 164 Å². The number of halogens is 3. The smallest absolute Gasteiger partial charge is 0.435 e. The Balaban J connectivity index is 1.73. The molecule has 3 aromatic heterocycles. The lowest BCUT2D eigenvalue weighted by Gasteiger charge is -2.05. The van der Waals surface area contributed by atoms with Crippen LogP contribution in [0.25, 0.3) is 11.3 Å². The van der Waals surface area contributed by atoms with E-state index in [-0.39, 0.29) is 12.2 Å². The third-order valence-electron chi connectivity index (χ3n) is 4.13. The van der Waals surface area contributed by atoms with Gasteiger partial charge in [0.25, 0.3) is 5.91 Å². The normalized spacial score (nSPS) is 11.5. The van der Waals surface area contributed by atoms with Gasteiger partial charge in [-0.3, -0.25) is 14.2 Å². The Morgan fingerprint density at radius 1 is 1.17 bits per heavy atom. The fourth-order valence-corrected chi connectivity index (χ4v) is 2.69. The van der Waals surface area contributed by atoms with Gasteiger partial charge in [0.05, 0.1) is 24.5 Å². The van der Waals surface area contributed by atoms with Crippen molar-refractivity contribution in [3.63, 3.8) is 0 Å². The number of carbonyl (C=O) groups excluding carboxylic acids is 1. The molecule has 0 saturated carbocycles. The quantitative estimate of drug-likeness (QED) is 0.678. The lowest BCUT2D eigenvalue weighted by atomic mass is 10.2.